The maximum Gasteiger partial charge on any atom is 0.0325 e. The molecule has 1 unspecified atom stereocenters. The molecule has 0 aliphatic heterocycles. The third kappa shape index (κ3) is 3.93. The molecule has 0 aliphatic carbocycles. The van der Waals surface area contributed by atoms with Crippen LogP contribution in [0.1, 0.15) is 36.1 Å². The molecule has 0 saturated carbocycles. The number of rotatable bonds is 6. The second-order valence-electron chi connectivity index (χ2n) is 4.99. The van der Waals surface area contributed by atoms with E-state index < -0.39 is 0 Å². The van der Waals surface area contributed by atoms with Gasteiger partial charge in [0.1, 0.15) is 0 Å². The maximum atomic E-state index is 3.61. The zero-order chi connectivity index (χ0) is 13.5. The van der Waals surface area contributed by atoms with Crippen molar-refractivity contribution in [2.24, 2.45) is 0 Å². The molecule has 0 radical (unpaired) electrons. The molecule has 0 saturated heterocycles. The molecule has 1 atom stereocenters. The van der Waals surface area contributed by atoms with Crippen LogP contribution >= 0.6 is 0 Å². The van der Waals surface area contributed by atoms with Gasteiger partial charge in [-0.05, 0) is 43.0 Å². The average Bonchev–Trinajstić information content (AvgIpc) is 2.45. The Morgan fingerprint density at radius 1 is 0.947 bits per heavy atom. The van der Waals surface area contributed by atoms with Crippen molar-refractivity contribution >= 4 is 0 Å². The minimum absolute atomic E-state index is 0.450. The largest absolute Gasteiger partial charge is 0.310 e. The quantitative estimate of drug-likeness (QED) is 0.810. The van der Waals surface area contributed by atoms with Gasteiger partial charge in [-0.1, -0.05) is 61.5 Å². The molecule has 0 bridgehead atoms. The zero-order valence-electron chi connectivity index (χ0n) is 11.9. The van der Waals surface area contributed by atoms with E-state index in [1.54, 1.807) is 0 Å². The van der Waals surface area contributed by atoms with Crippen LogP contribution < -0.4 is 5.32 Å². The molecule has 0 heterocycles. The third-order valence-corrected chi connectivity index (χ3v) is 3.58. The monoisotopic (exact) mass is 253 g/mol. The molecular formula is C18H23N. The highest BCUT2D eigenvalue weighted by atomic mass is 14.9. The van der Waals surface area contributed by atoms with Gasteiger partial charge in [0.2, 0.25) is 0 Å². The van der Waals surface area contributed by atoms with Crippen molar-refractivity contribution < 1.29 is 0 Å². The van der Waals surface area contributed by atoms with Crippen molar-refractivity contribution in [2.45, 2.75) is 32.7 Å². The van der Waals surface area contributed by atoms with E-state index in [-0.39, 0.29) is 0 Å². The van der Waals surface area contributed by atoms with Gasteiger partial charge >= 0.3 is 0 Å². The number of hydrogen-bond acceptors (Lipinski definition) is 1. The lowest BCUT2D eigenvalue weighted by atomic mass is 9.95. The van der Waals surface area contributed by atoms with Crippen LogP contribution in [-0.4, -0.2) is 6.54 Å². The molecule has 100 valence electrons. The third-order valence-electron chi connectivity index (χ3n) is 3.58. The van der Waals surface area contributed by atoms with Crippen LogP contribution in [-0.2, 0) is 6.42 Å². The van der Waals surface area contributed by atoms with Crippen LogP contribution in [0.15, 0.2) is 54.6 Å². The van der Waals surface area contributed by atoms with Crippen molar-refractivity contribution in [2.75, 3.05) is 6.54 Å². The number of benzene rings is 2. The molecule has 1 nitrogen and oxygen atoms in total. The van der Waals surface area contributed by atoms with Gasteiger partial charge in [-0.3, -0.25) is 0 Å². The first-order valence-electron chi connectivity index (χ1n) is 7.14. The highest BCUT2D eigenvalue weighted by Gasteiger charge is 2.12. The second-order valence-corrected chi connectivity index (χ2v) is 4.99. The normalized spacial score (nSPS) is 12.3. The maximum absolute atomic E-state index is 3.61. The molecule has 19 heavy (non-hydrogen) atoms. The van der Waals surface area contributed by atoms with Gasteiger partial charge in [0.15, 0.2) is 0 Å². The Morgan fingerprint density at radius 2 is 1.63 bits per heavy atom. The van der Waals surface area contributed by atoms with E-state index in [1.165, 1.54) is 16.7 Å². The summed E-state index contributed by atoms with van der Waals surface area (Å²) in [5.74, 6) is 0. The fourth-order valence-electron chi connectivity index (χ4n) is 2.55. The van der Waals surface area contributed by atoms with Gasteiger partial charge in [0, 0.05) is 6.04 Å². The Bertz CT molecular complexity index is 490. The Kier molecular flexibility index (Phi) is 5.17. The Balaban J connectivity index is 2.07. The topological polar surface area (TPSA) is 12.0 Å². The van der Waals surface area contributed by atoms with Crippen molar-refractivity contribution in [3.8, 4) is 0 Å². The summed E-state index contributed by atoms with van der Waals surface area (Å²) in [4.78, 5) is 0. The number of hydrogen-bond donors (Lipinski definition) is 1. The first-order valence-corrected chi connectivity index (χ1v) is 7.14. The minimum Gasteiger partial charge on any atom is -0.310 e. The Morgan fingerprint density at radius 3 is 2.32 bits per heavy atom. The van der Waals surface area contributed by atoms with Gasteiger partial charge < -0.3 is 5.32 Å². The summed E-state index contributed by atoms with van der Waals surface area (Å²) in [5.41, 5.74) is 4.22. The van der Waals surface area contributed by atoms with Crippen LogP contribution in [0.3, 0.4) is 0 Å². The summed E-state index contributed by atoms with van der Waals surface area (Å²) >= 11 is 0. The van der Waals surface area contributed by atoms with E-state index in [4.69, 9.17) is 0 Å². The molecular weight excluding hydrogens is 230 g/mol. The molecule has 1 N–H and O–H groups in total. The van der Waals surface area contributed by atoms with Crippen LogP contribution in [0.2, 0.25) is 0 Å². The minimum atomic E-state index is 0.450. The molecule has 1 heteroatoms. The van der Waals surface area contributed by atoms with Crippen LogP contribution in [0, 0.1) is 6.92 Å². The van der Waals surface area contributed by atoms with Crippen LogP contribution in [0.5, 0.6) is 0 Å². The van der Waals surface area contributed by atoms with E-state index in [0.29, 0.717) is 6.04 Å². The number of nitrogens with one attached hydrogen (secondary N) is 1. The smallest absolute Gasteiger partial charge is 0.0325 e. The van der Waals surface area contributed by atoms with Crippen molar-refractivity contribution in [1.82, 2.24) is 5.32 Å². The summed E-state index contributed by atoms with van der Waals surface area (Å²) in [6.07, 6.45) is 2.26. The Labute approximate surface area is 116 Å². The van der Waals surface area contributed by atoms with Gasteiger partial charge in [0.25, 0.3) is 0 Å². The van der Waals surface area contributed by atoms with E-state index in [0.717, 1.165) is 19.4 Å². The van der Waals surface area contributed by atoms with E-state index >= 15 is 0 Å². The summed E-state index contributed by atoms with van der Waals surface area (Å²) in [6, 6.07) is 19.9. The molecule has 0 fully saturated rings. The first kappa shape index (κ1) is 13.8. The van der Waals surface area contributed by atoms with E-state index in [2.05, 4.69) is 73.8 Å². The highest BCUT2D eigenvalue weighted by Crippen LogP contribution is 2.22. The van der Waals surface area contributed by atoms with Gasteiger partial charge in [-0.2, -0.15) is 0 Å². The summed E-state index contributed by atoms with van der Waals surface area (Å²) in [6.45, 7) is 5.38. The van der Waals surface area contributed by atoms with E-state index in [9.17, 15) is 0 Å². The lowest BCUT2D eigenvalue weighted by molar-refractivity contribution is 0.513. The fourth-order valence-corrected chi connectivity index (χ4v) is 2.55. The molecule has 0 amide bonds. The SMILES string of the molecule is CCNC(CCc1ccccc1)c1ccccc1C. The standard InChI is InChI=1S/C18H23N/c1-3-19-18(17-12-8-7-9-15(17)2)14-13-16-10-5-4-6-11-16/h4-12,18-19H,3,13-14H2,1-2H3. The van der Waals surface area contributed by atoms with Gasteiger partial charge in [-0.25, -0.2) is 0 Å². The molecule has 0 aliphatic rings. The zero-order valence-corrected chi connectivity index (χ0v) is 11.9. The van der Waals surface area contributed by atoms with E-state index in [1.807, 2.05) is 0 Å². The van der Waals surface area contributed by atoms with Crippen molar-refractivity contribution in [3.05, 3.63) is 71.3 Å². The summed E-state index contributed by atoms with van der Waals surface area (Å²) < 4.78 is 0. The lowest BCUT2D eigenvalue weighted by Crippen LogP contribution is -2.22. The molecule has 0 aromatic heterocycles. The predicted molar refractivity (Wildman–Crippen MR) is 82.4 cm³/mol. The highest BCUT2D eigenvalue weighted by molar-refractivity contribution is 5.29. The van der Waals surface area contributed by atoms with Gasteiger partial charge in [-0.15, -0.1) is 0 Å². The summed E-state index contributed by atoms with van der Waals surface area (Å²) in [5, 5.41) is 3.61. The van der Waals surface area contributed by atoms with Crippen LogP contribution in [0.4, 0.5) is 0 Å². The first-order chi connectivity index (χ1) is 9.31. The average molecular weight is 253 g/mol. The molecule has 2 aromatic rings. The van der Waals surface area contributed by atoms with Crippen molar-refractivity contribution in [3.63, 3.8) is 0 Å². The Hall–Kier alpha value is -1.60. The molecule has 2 aromatic carbocycles. The van der Waals surface area contributed by atoms with Crippen LogP contribution in [0.25, 0.3) is 0 Å². The summed E-state index contributed by atoms with van der Waals surface area (Å²) in [7, 11) is 0. The second kappa shape index (κ2) is 7.10. The number of aryl methyl sites for hydroxylation is 2. The predicted octanol–water partition coefficient (Wildman–Crippen LogP) is 4.28. The molecule has 0 spiro atoms. The fraction of sp³-hybridized carbons (Fsp3) is 0.333. The van der Waals surface area contributed by atoms with Gasteiger partial charge in [0.05, 0.1) is 0 Å². The van der Waals surface area contributed by atoms with Crippen molar-refractivity contribution in [1.29, 1.82) is 0 Å². The lowest BCUT2D eigenvalue weighted by Gasteiger charge is -2.20. The molecule has 2 rings (SSSR count).